The van der Waals surface area contributed by atoms with Gasteiger partial charge < -0.3 is 5.11 Å². The molecule has 2 bridgehead atoms. The van der Waals surface area contributed by atoms with Gasteiger partial charge in [-0.2, -0.15) is 0 Å². The normalized spacial score (nSPS) is 62.5. The molecule has 0 saturated heterocycles. The molecule has 1 heteroatoms. The summed E-state index contributed by atoms with van der Waals surface area (Å²) >= 11 is 0. The topological polar surface area (TPSA) is 20.2 Å². The fraction of sp³-hybridized carbons (Fsp3) is 1.00. The molecular weight excluding hydrogens is 148 g/mol. The van der Waals surface area contributed by atoms with Gasteiger partial charge in [-0.15, -0.1) is 0 Å². The summed E-state index contributed by atoms with van der Waals surface area (Å²) in [6.07, 6.45) is 6.36. The van der Waals surface area contributed by atoms with E-state index in [4.69, 9.17) is 0 Å². The van der Waals surface area contributed by atoms with E-state index in [0.717, 1.165) is 30.6 Å². The van der Waals surface area contributed by atoms with Crippen molar-refractivity contribution in [3.63, 3.8) is 0 Å². The highest BCUT2D eigenvalue weighted by Gasteiger charge is 2.59. The Morgan fingerprint density at radius 2 is 2.00 bits per heavy atom. The maximum Gasteiger partial charge on any atom is 0.0684 e. The summed E-state index contributed by atoms with van der Waals surface area (Å²) in [5.74, 6) is 3.38. The van der Waals surface area contributed by atoms with E-state index >= 15 is 0 Å². The molecule has 0 heterocycles. The van der Waals surface area contributed by atoms with E-state index in [1.165, 1.54) is 19.3 Å². The summed E-state index contributed by atoms with van der Waals surface area (Å²) in [6.45, 7) is 2.39. The van der Waals surface area contributed by atoms with Gasteiger partial charge in [0.2, 0.25) is 0 Å². The van der Waals surface area contributed by atoms with Gasteiger partial charge in [-0.05, 0) is 55.8 Å². The smallest absolute Gasteiger partial charge is 0.0684 e. The molecule has 3 rings (SSSR count). The first-order valence-electron chi connectivity index (χ1n) is 5.40. The molecule has 3 saturated carbocycles. The van der Waals surface area contributed by atoms with Crippen LogP contribution in [0.3, 0.4) is 0 Å². The Morgan fingerprint density at radius 1 is 1.17 bits per heavy atom. The molecule has 0 aromatic rings. The van der Waals surface area contributed by atoms with Crippen LogP contribution < -0.4 is 0 Å². The van der Waals surface area contributed by atoms with Crippen molar-refractivity contribution in [1.29, 1.82) is 0 Å². The number of fused-ring (bicyclic) bond motifs is 1. The van der Waals surface area contributed by atoms with E-state index in [2.05, 4.69) is 6.92 Å². The van der Waals surface area contributed by atoms with Crippen molar-refractivity contribution in [1.82, 2.24) is 0 Å². The minimum absolute atomic E-state index is 0.185. The van der Waals surface area contributed by atoms with Crippen molar-refractivity contribution in [2.75, 3.05) is 0 Å². The van der Waals surface area contributed by atoms with Gasteiger partial charge in [0.15, 0.2) is 0 Å². The summed E-state index contributed by atoms with van der Waals surface area (Å²) < 4.78 is 0. The number of hydrogen-bond acceptors (Lipinski definition) is 1. The third-order valence-electron chi connectivity index (χ3n) is 4.55. The summed E-state index contributed by atoms with van der Waals surface area (Å²) in [5.41, 5.74) is -0.185. The van der Waals surface area contributed by atoms with Crippen LogP contribution >= 0.6 is 0 Å². The molecular formula is C11H18O. The van der Waals surface area contributed by atoms with Crippen LogP contribution in [-0.2, 0) is 0 Å². The predicted molar refractivity (Wildman–Crippen MR) is 47.7 cm³/mol. The average molecular weight is 166 g/mol. The second kappa shape index (κ2) is 2.06. The highest BCUT2D eigenvalue weighted by atomic mass is 16.3. The van der Waals surface area contributed by atoms with Crippen molar-refractivity contribution in [2.45, 2.75) is 44.6 Å². The minimum atomic E-state index is -0.185. The van der Waals surface area contributed by atoms with Crippen LogP contribution in [0.2, 0.25) is 0 Å². The lowest BCUT2D eigenvalue weighted by Gasteiger charge is -2.49. The molecule has 3 aliphatic rings. The fourth-order valence-corrected chi connectivity index (χ4v) is 4.22. The SMILES string of the molecule is CC1CC2CC3C(C1)CC3(O)C2. The Balaban J connectivity index is 1.88. The molecule has 5 atom stereocenters. The molecule has 0 radical (unpaired) electrons. The van der Waals surface area contributed by atoms with Gasteiger partial charge in [-0.3, -0.25) is 0 Å². The van der Waals surface area contributed by atoms with Crippen molar-refractivity contribution in [3.8, 4) is 0 Å². The van der Waals surface area contributed by atoms with Crippen LogP contribution in [0.1, 0.15) is 39.0 Å². The van der Waals surface area contributed by atoms with E-state index < -0.39 is 0 Å². The lowest BCUT2D eigenvalue weighted by Crippen LogP contribution is -2.51. The maximum atomic E-state index is 10.1. The molecule has 0 spiro atoms. The van der Waals surface area contributed by atoms with Crippen LogP contribution in [-0.4, -0.2) is 10.7 Å². The molecule has 68 valence electrons. The second-order valence-corrected chi connectivity index (χ2v) is 5.56. The first-order valence-corrected chi connectivity index (χ1v) is 5.40. The molecule has 1 nitrogen and oxygen atoms in total. The second-order valence-electron chi connectivity index (χ2n) is 5.56. The quantitative estimate of drug-likeness (QED) is 0.585. The standard InChI is InChI=1S/C11H18O/c1-7-2-8-4-10-9(3-7)6-11(10,12)5-8/h7-10,12H,2-6H2,1H3. The Bertz CT molecular complexity index is 207. The predicted octanol–water partition coefficient (Wildman–Crippen LogP) is 2.19. The Kier molecular flexibility index (Phi) is 1.27. The molecule has 0 amide bonds. The molecule has 0 aromatic carbocycles. The molecule has 0 aliphatic heterocycles. The number of aliphatic hydroxyl groups is 1. The maximum absolute atomic E-state index is 10.1. The first kappa shape index (κ1) is 7.37. The molecule has 3 fully saturated rings. The first-order chi connectivity index (χ1) is 5.67. The Labute approximate surface area is 74.2 Å². The Hall–Kier alpha value is -0.0400. The van der Waals surface area contributed by atoms with Crippen LogP contribution in [0.25, 0.3) is 0 Å². The zero-order chi connectivity index (χ0) is 8.34. The van der Waals surface area contributed by atoms with E-state index in [1.807, 2.05) is 0 Å². The van der Waals surface area contributed by atoms with Gasteiger partial charge in [-0.1, -0.05) is 6.92 Å². The zero-order valence-electron chi connectivity index (χ0n) is 7.79. The third kappa shape index (κ3) is 0.783. The van der Waals surface area contributed by atoms with Gasteiger partial charge in [0.1, 0.15) is 0 Å². The van der Waals surface area contributed by atoms with Crippen molar-refractivity contribution < 1.29 is 5.11 Å². The summed E-state index contributed by atoms with van der Waals surface area (Å²) in [7, 11) is 0. The lowest BCUT2D eigenvalue weighted by atomic mass is 9.60. The van der Waals surface area contributed by atoms with Crippen molar-refractivity contribution in [2.24, 2.45) is 23.7 Å². The molecule has 0 aromatic heterocycles. The fourth-order valence-electron chi connectivity index (χ4n) is 4.22. The molecule has 5 unspecified atom stereocenters. The average Bonchev–Trinajstić information content (AvgIpc) is 2.09. The molecule has 12 heavy (non-hydrogen) atoms. The number of rotatable bonds is 0. The van der Waals surface area contributed by atoms with Crippen molar-refractivity contribution >= 4 is 0 Å². The molecule has 1 N–H and O–H groups in total. The Morgan fingerprint density at radius 3 is 2.83 bits per heavy atom. The number of hydrogen-bond donors (Lipinski definition) is 1. The van der Waals surface area contributed by atoms with Crippen molar-refractivity contribution in [3.05, 3.63) is 0 Å². The molecule has 3 aliphatic carbocycles. The third-order valence-corrected chi connectivity index (χ3v) is 4.55. The summed E-state index contributed by atoms with van der Waals surface area (Å²) in [4.78, 5) is 0. The van der Waals surface area contributed by atoms with Gasteiger partial charge >= 0.3 is 0 Å². The van der Waals surface area contributed by atoms with Crippen LogP contribution in [0.5, 0.6) is 0 Å². The lowest BCUT2D eigenvalue weighted by molar-refractivity contribution is -0.126. The van der Waals surface area contributed by atoms with E-state index in [0.29, 0.717) is 5.92 Å². The summed E-state index contributed by atoms with van der Waals surface area (Å²) in [6, 6.07) is 0. The van der Waals surface area contributed by atoms with Gasteiger partial charge in [0.05, 0.1) is 5.60 Å². The largest absolute Gasteiger partial charge is 0.390 e. The van der Waals surface area contributed by atoms with Crippen LogP contribution in [0.15, 0.2) is 0 Å². The van der Waals surface area contributed by atoms with Gasteiger partial charge in [-0.25, -0.2) is 0 Å². The highest BCUT2D eigenvalue weighted by molar-refractivity contribution is 5.10. The van der Waals surface area contributed by atoms with Crippen LogP contribution in [0.4, 0.5) is 0 Å². The van der Waals surface area contributed by atoms with E-state index in [1.54, 1.807) is 0 Å². The summed E-state index contributed by atoms with van der Waals surface area (Å²) in [5, 5.41) is 10.1. The van der Waals surface area contributed by atoms with E-state index in [9.17, 15) is 5.11 Å². The minimum Gasteiger partial charge on any atom is -0.390 e. The van der Waals surface area contributed by atoms with E-state index in [-0.39, 0.29) is 5.60 Å². The zero-order valence-corrected chi connectivity index (χ0v) is 7.79. The van der Waals surface area contributed by atoms with Crippen LogP contribution in [0, 0.1) is 23.7 Å². The van der Waals surface area contributed by atoms with Gasteiger partial charge in [0.25, 0.3) is 0 Å². The monoisotopic (exact) mass is 166 g/mol. The van der Waals surface area contributed by atoms with Gasteiger partial charge in [0, 0.05) is 0 Å². The highest BCUT2D eigenvalue weighted by Crippen LogP contribution is 2.61.